The van der Waals surface area contributed by atoms with Crippen molar-refractivity contribution in [2.24, 2.45) is 16.8 Å². The van der Waals surface area contributed by atoms with Crippen LogP contribution in [0.2, 0.25) is 0 Å². The Kier molecular flexibility index (Phi) is 11.4. The van der Waals surface area contributed by atoms with Gasteiger partial charge in [0.25, 0.3) is 0 Å². The second-order valence-electron chi connectivity index (χ2n) is 6.26. The SMILES string of the molecule is CCNC(=NCCNS(=O)(=O)CC)N1CCC(CC(C)C)C1.I. The van der Waals surface area contributed by atoms with Crippen LogP contribution in [0.25, 0.3) is 0 Å². The second-order valence-corrected chi connectivity index (χ2v) is 8.36. The molecule has 1 rings (SSSR count). The number of guanidine groups is 1. The minimum Gasteiger partial charge on any atom is -0.357 e. The van der Waals surface area contributed by atoms with Crippen LogP contribution in [0.4, 0.5) is 0 Å². The van der Waals surface area contributed by atoms with Gasteiger partial charge in [0.2, 0.25) is 10.0 Å². The summed E-state index contributed by atoms with van der Waals surface area (Å²) in [6, 6.07) is 0. The summed E-state index contributed by atoms with van der Waals surface area (Å²) in [5.41, 5.74) is 0. The van der Waals surface area contributed by atoms with Crippen molar-refractivity contribution in [2.45, 2.75) is 40.5 Å². The van der Waals surface area contributed by atoms with Crippen molar-refractivity contribution in [1.29, 1.82) is 0 Å². The van der Waals surface area contributed by atoms with E-state index in [1.165, 1.54) is 12.8 Å². The monoisotopic (exact) mass is 460 g/mol. The summed E-state index contributed by atoms with van der Waals surface area (Å²) in [7, 11) is -3.12. The van der Waals surface area contributed by atoms with Gasteiger partial charge in [0, 0.05) is 26.2 Å². The van der Waals surface area contributed by atoms with E-state index in [2.05, 4.69) is 40.7 Å². The maximum atomic E-state index is 11.4. The number of likely N-dealkylation sites (tertiary alicyclic amines) is 1. The van der Waals surface area contributed by atoms with E-state index in [-0.39, 0.29) is 29.7 Å². The van der Waals surface area contributed by atoms with E-state index in [0.29, 0.717) is 13.1 Å². The molecule has 0 saturated carbocycles. The van der Waals surface area contributed by atoms with Crippen LogP contribution in [0.5, 0.6) is 0 Å². The molecule has 0 bridgehead atoms. The Labute approximate surface area is 159 Å². The summed E-state index contributed by atoms with van der Waals surface area (Å²) < 4.78 is 25.3. The number of aliphatic imine (C=N–C) groups is 1. The molecule has 0 aromatic rings. The average molecular weight is 460 g/mol. The fourth-order valence-electron chi connectivity index (χ4n) is 2.77. The lowest BCUT2D eigenvalue weighted by Gasteiger charge is -2.22. The molecule has 1 atom stereocenters. The number of nitrogens with zero attached hydrogens (tertiary/aromatic N) is 2. The van der Waals surface area contributed by atoms with E-state index in [9.17, 15) is 8.42 Å². The van der Waals surface area contributed by atoms with Gasteiger partial charge in [-0.15, -0.1) is 24.0 Å². The van der Waals surface area contributed by atoms with Crippen LogP contribution in [0.1, 0.15) is 40.5 Å². The quantitative estimate of drug-likeness (QED) is 0.251. The highest BCUT2D eigenvalue weighted by Gasteiger charge is 2.25. The number of halogens is 1. The minimum absolute atomic E-state index is 0. The molecule has 138 valence electrons. The van der Waals surface area contributed by atoms with Crippen LogP contribution in [0, 0.1) is 11.8 Å². The number of hydrogen-bond acceptors (Lipinski definition) is 3. The van der Waals surface area contributed by atoms with E-state index in [1.807, 2.05) is 0 Å². The first-order valence-electron chi connectivity index (χ1n) is 8.38. The highest BCUT2D eigenvalue weighted by atomic mass is 127. The van der Waals surface area contributed by atoms with Crippen molar-refractivity contribution in [2.75, 3.05) is 38.5 Å². The van der Waals surface area contributed by atoms with Gasteiger partial charge in [-0.25, -0.2) is 13.1 Å². The first-order chi connectivity index (χ1) is 10.4. The molecule has 0 aromatic heterocycles. The third-order valence-electron chi connectivity index (χ3n) is 3.80. The second kappa shape index (κ2) is 11.5. The molecule has 0 amide bonds. The predicted octanol–water partition coefficient (Wildman–Crippen LogP) is 1.88. The Morgan fingerprint density at radius 3 is 2.61 bits per heavy atom. The lowest BCUT2D eigenvalue weighted by molar-refractivity contribution is 0.403. The molecule has 0 aromatic carbocycles. The third kappa shape index (κ3) is 9.09. The molecule has 1 fully saturated rings. The Morgan fingerprint density at radius 2 is 2.04 bits per heavy atom. The van der Waals surface area contributed by atoms with Gasteiger partial charge in [-0.05, 0) is 38.5 Å². The molecule has 6 nitrogen and oxygen atoms in total. The van der Waals surface area contributed by atoms with E-state index >= 15 is 0 Å². The molecule has 2 N–H and O–H groups in total. The highest BCUT2D eigenvalue weighted by Crippen LogP contribution is 2.23. The van der Waals surface area contributed by atoms with Crippen molar-refractivity contribution in [3.8, 4) is 0 Å². The first-order valence-corrected chi connectivity index (χ1v) is 10.0. The van der Waals surface area contributed by atoms with Gasteiger partial charge in [-0.1, -0.05) is 13.8 Å². The molecule has 1 saturated heterocycles. The molecule has 1 unspecified atom stereocenters. The van der Waals surface area contributed by atoms with Gasteiger partial charge < -0.3 is 10.2 Å². The van der Waals surface area contributed by atoms with E-state index in [0.717, 1.165) is 37.4 Å². The molecule has 8 heteroatoms. The smallest absolute Gasteiger partial charge is 0.211 e. The zero-order valence-electron chi connectivity index (χ0n) is 14.8. The van der Waals surface area contributed by atoms with E-state index in [4.69, 9.17) is 0 Å². The molecule has 1 heterocycles. The lowest BCUT2D eigenvalue weighted by atomic mass is 9.97. The van der Waals surface area contributed by atoms with Gasteiger partial charge in [-0.3, -0.25) is 4.99 Å². The van der Waals surface area contributed by atoms with Crippen molar-refractivity contribution < 1.29 is 8.42 Å². The van der Waals surface area contributed by atoms with Gasteiger partial charge in [0.05, 0.1) is 12.3 Å². The molecule has 23 heavy (non-hydrogen) atoms. The number of hydrogen-bond donors (Lipinski definition) is 2. The van der Waals surface area contributed by atoms with E-state index in [1.54, 1.807) is 6.92 Å². The van der Waals surface area contributed by atoms with Gasteiger partial charge in [0.1, 0.15) is 0 Å². The normalized spacial score (nSPS) is 19.1. The molecular weight excluding hydrogens is 427 g/mol. The maximum absolute atomic E-state index is 11.4. The zero-order chi connectivity index (χ0) is 16.6. The predicted molar refractivity (Wildman–Crippen MR) is 108 cm³/mol. The van der Waals surface area contributed by atoms with Gasteiger partial charge >= 0.3 is 0 Å². The Balaban J connectivity index is 0.00000484. The highest BCUT2D eigenvalue weighted by molar-refractivity contribution is 14.0. The Hall–Kier alpha value is -0.0900. The van der Waals surface area contributed by atoms with Crippen LogP contribution < -0.4 is 10.0 Å². The summed E-state index contributed by atoms with van der Waals surface area (Å²) in [6.07, 6.45) is 2.47. The number of rotatable bonds is 8. The van der Waals surface area contributed by atoms with Crippen molar-refractivity contribution in [3.05, 3.63) is 0 Å². The lowest BCUT2D eigenvalue weighted by Crippen LogP contribution is -2.40. The maximum Gasteiger partial charge on any atom is 0.211 e. The van der Waals surface area contributed by atoms with E-state index < -0.39 is 10.0 Å². The molecule has 0 aliphatic carbocycles. The Morgan fingerprint density at radius 1 is 1.35 bits per heavy atom. The standard InChI is InChI=1S/C15H32N4O2S.HI/c1-5-16-15(17-8-9-18-22(20,21)6-2)19-10-7-14(12-19)11-13(3)4;/h13-14,18H,5-12H2,1-4H3,(H,16,17);1H. The fourth-order valence-corrected chi connectivity index (χ4v) is 3.38. The molecular formula is C15H33IN4O2S. The molecule has 1 aliphatic heterocycles. The summed E-state index contributed by atoms with van der Waals surface area (Å²) in [5.74, 6) is 2.49. The molecule has 1 aliphatic rings. The van der Waals surface area contributed by atoms with Crippen molar-refractivity contribution >= 4 is 40.0 Å². The van der Waals surface area contributed by atoms with Crippen LogP contribution >= 0.6 is 24.0 Å². The van der Waals surface area contributed by atoms with Crippen molar-refractivity contribution in [1.82, 2.24) is 14.9 Å². The largest absolute Gasteiger partial charge is 0.357 e. The molecule has 0 spiro atoms. The zero-order valence-corrected chi connectivity index (χ0v) is 18.0. The van der Waals surface area contributed by atoms with Crippen LogP contribution in [-0.2, 0) is 10.0 Å². The number of sulfonamides is 1. The fraction of sp³-hybridized carbons (Fsp3) is 0.933. The van der Waals surface area contributed by atoms with Crippen molar-refractivity contribution in [3.63, 3.8) is 0 Å². The Bertz CT molecular complexity index is 454. The average Bonchev–Trinajstić information content (AvgIpc) is 2.89. The van der Waals surface area contributed by atoms with Crippen LogP contribution in [-0.4, -0.2) is 57.8 Å². The van der Waals surface area contributed by atoms with Crippen LogP contribution in [0.3, 0.4) is 0 Å². The van der Waals surface area contributed by atoms with Crippen LogP contribution in [0.15, 0.2) is 4.99 Å². The third-order valence-corrected chi connectivity index (χ3v) is 5.20. The summed E-state index contributed by atoms with van der Waals surface area (Å²) in [4.78, 5) is 6.85. The summed E-state index contributed by atoms with van der Waals surface area (Å²) in [5, 5.41) is 3.31. The summed E-state index contributed by atoms with van der Waals surface area (Å²) >= 11 is 0. The summed E-state index contributed by atoms with van der Waals surface area (Å²) in [6.45, 7) is 11.9. The minimum atomic E-state index is -3.12. The topological polar surface area (TPSA) is 73.8 Å². The van der Waals surface area contributed by atoms with Gasteiger partial charge in [0.15, 0.2) is 5.96 Å². The molecule has 0 radical (unpaired) electrons. The number of nitrogens with one attached hydrogen (secondary N) is 2. The first kappa shape index (κ1) is 22.9. The van der Waals surface area contributed by atoms with Gasteiger partial charge in [-0.2, -0.15) is 0 Å².